The standard InChI is InChI=1S/C19H17F3N2O4/c1-27-18(26)24-9-8-12-2-5-15(10-14(12)11-24)23-17(25)13-3-6-16(7-4-13)28-19(20,21)22/h2-7,10H,8-9,11H2,1H3,(H,23,25). The van der Waals surface area contributed by atoms with Crippen molar-refractivity contribution < 1.29 is 32.2 Å². The zero-order valence-corrected chi connectivity index (χ0v) is 14.9. The van der Waals surface area contributed by atoms with Crippen LogP contribution >= 0.6 is 0 Å². The maximum Gasteiger partial charge on any atom is 0.573 e. The van der Waals surface area contributed by atoms with E-state index in [2.05, 4.69) is 10.1 Å². The highest BCUT2D eigenvalue weighted by Gasteiger charge is 2.31. The first-order chi connectivity index (χ1) is 13.2. The third-order valence-corrected chi connectivity index (χ3v) is 4.26. The second kappa shape index (κ2) is 7.79. The van der Waals surface area contributed by atoms with E-state index < -0.39 is 24.1 Å². The number of hydrogen-bond donors (Lipinski definition) is 1. The lowest BCUT2D eigenvalue weighted by Crippen LogP contribution is -2.35. The average molecular weight is 394 g/mol. The normalized spacial score (nSPS) is 13.5. The summed E-state index contributed by atoms with van der Waals surface area (Å²) in [4.78, 5) is 25.6. The lowest BCUT2D eigenvalue weighted by Gasteiger charge is -2.28. The lowest BCUT2D eigenvalue weighted by atomic mass is 9.99. The van der Waals surface area contributed by atoms with Gasteiger partial charge in [-0.05, 0) is 53.9 Å². The number of carbonyl (C=O) groups excluding carboxylic acids is 2. The highest BCUT2D eigenvalue weighted by molar-refractivity contribution is 6.04. The third kappa shape index (κ3) is 4.73. The van der Waals surface area contributed by atoms with E-state index in [4.69, 9.17) is 4.74 Å². The summed E-state index contributed by atoms with van der Waals surface area (Å²) in [6.07, 6.45) is -4.52. The Balaban J connectivity index is 1.69. The van der Waals surface area contributed by atoms with Crippen LogP contribution in [0.1, 0.15) is 21.5 Å². The molecule has 9 heteroatoms. The SMILES string of the molecule is COC(=O)N1CCc2ccc(NC(=O)c3ccc(OC(F)(F)F)cc3)cc2C1. The van der Waals surface area contributed by atoms with E-state index in [1.807, 2.05) is 6.07 Å². The molecule has 148 valence electrons. The maximum atomic E-state index is 12.3. The molecule has 0 saturated heterocycles. The van der Waals surface area contributed by atoms with Crippen LogP contribution in [0.2, 0.25) is 0 Å². The van der Waals surface area contributed by atoms with Crippen molar-refractivity contribution in [1.29, 1.82) is 0 Å². The number of fused-ring (bicyclic) bond motifs is 1. The van der Waals surface area contributed by atoms with Gasteiger partial charge >= 0.3 is 12.5 Å². The van der Waals surface area contributed by atoms with Gasteiger partial charge in [0.25, 0.3) is 5.91 Å². The molecule has 0 radical (unpaired) electrons. The molecule has 28 heavy (non-hydrogen) atoms. The molecule has 0 saturated carbocycles. The first-order valence-electron chi connectivity index (χ1n) is 8.37. The fourth-order valence-electron chi connectivity index (χ4n) is 2.93. The number of rotatable bonds is 3. The minimum Gasteiger partial charge on any atom is -0.453 e. The van der Waals surface area contributed by atoms with Crippen LogP contribution in [0, 0.1) is 0 Å². The van der Waals surface area contributed by atoms with Gasteiger partial charge in [-0.15, -0.1) is 13.2 Å². The van der Waals surface area contributed by atoms with Crippen molar-refractivity contribution in [3.05, 3.63) is 59.2 Å². The molecule has 2 amide bonds. The van der Waals surface area contributed by atoms with Gasteiger partial charge in [0.05, 0.1) is 7.11 Å². The molecule has 2 aromatic carbocycles. The van der Waals surface area contributed by atoms with E-state index in [1.54, 1.807) is 17.0 Å². The van der Waals surface area contributed by atoms with Crippen molar-refractivity contribution in [3.8, 4) is 5.75 Å². The van der Waals surface area contributed by atoms with Gasteiger partial charge in [0.15, 0.2) is 0 Å². The molecule has 1 heterocycles. The van der Waals surface area contributed by atoms with Gasteiger partial charge in [-0.25, -0.2) is 4.79 Å². The van der Waals surface area contributed by atoms with Crippen LogP contribution in [-0.4, -0.2) is 36.9 Å². The van der Waals surface area contributed by atoms with Gasteiger partial charge in [-0.3, -0.25) is 4.79 Å². The molecule has 6 nitrogen and oxygen atoms in total. The number of amides is 2. The van der Waals surface area contributed by atoms with Crippen LogP contribution in [0.3, 0.4) is 0 Å². The van der Waals surface area contributed by atoms with E-state index in [9.17, 15) is 22.8 Å². The van der Waals surface area contributed by atoms with Crippen molar-refractivity contribution >= 4 is 17.7 Å². The summed E-state index contributed by atoms with van der Waals surface area (Å²) in [7, 11) is 1.32. The highest BCUT2D eigenvalue weighted by atomic mass is 19.4. The van der Waals surface area contributed by atoms with Crippen molar-refractivity contribution in [3.63, 3.8) is 0 Å². The topological polar surface area (TPSA) is 67.9 Å². The Labute approximate surface area is 158 Å². The van der Waals surface area contributed by atoms with Crippen LogP contribution in [0.5, 0.6) is 5.75 Å². The van der Waals surface area contributed by atoms with Crippen LogP contribution in [0.25, 0.3) is 0 Å². The second-order valence-corrected chi connectivity index (χ2v) is 6.15. The lowest BCUT2D eigenvalue weighted by molar-refractivity contribution is -0.274. The van der Waals surface area contributed by atoms with Crippen molar-refractivity contribution in [1.82, 2.24) is 4.90 Å². The summed E-state index contributed by atoms with van der Waals surface area (Å²) in [5.74, 6) is -0.875. The first kappa shape index (κ1) is 19.5. The minimum atomic E-state index is -4.79. The number of nitrogens with one attached hydrogen (secondary N) is 1. The fourth-order valence-corrected chi connectivity index (χ4v) is 2.93. The molecule has 0 aromatic heterocycles. The zero-order valence-electron chi connectivity index (χ0n) is 14.9. The number of halogens is 3. The Morgan fingerprint density at radius 2 is 1.79 bits per heavy atom. The average Bonchev–Trinajstić information content (AvgIpc) is 2.66. The smallest absolute Gasteiger partial charge is 0.453 e. The van der Waals surface area contributed by atoms with Crippen molar-refractivity contribution in [2.24, 2.45) is 0 Å². The second-order valence-electron chi connectivity index (χ2n) is 6.15. The van der Waals surface area contributed by atoms with Crippen LogP contribution in [0.4, 0.5) is 23.7 Å². The Hall–Kier alpha value is -3.23. The van der Waals surface area contributed by atoms with E-state index in [0.717, 1.165) is 23.3 Å². The number of hydrogen-bond acceptors (Lipinski definition) is 4. The number of benzene rings is 2. The maximum absolute atomic E-state index is 12.3. The quantitative estimate of drug-likeness (QED) is 0.856. The molecule has 0 spiro atoms. The van der Waals surface area contributed by atoms with Crippen LogP contribution in [0.15, 0.2) is 42.5 Å². The molecule has 3 rings (SSSR count). The summed E-state index contributed by atoms with van der Waals surface area (Å²) in [5.41, 5.74) is 2.67. The minimum absolute atomic E-state index is 0.184. The molecule has 0 atom stereocenters. The predicted octanol–water partition coefficient (Wildman–Crippen LogP) is 3.96. The summed E-state index contributed by atoms with van der Waals surface area (Å²) in [5, 5.41) is 2.70. The molecule has 2 aromatic rings. The number of ether oxygens (including phenoxy) is 2. The molecular formula is C19H17F3N2O4. The number of methoxy groups -OCH3 is 1. The van der Waals surface area contributed by atoms with Gasteiger partial charge < -0.3 is 19.7 Å². The Morgan fingerprint density at radius 3 is 2.43 bits per heavy atom. The molecule has 0 unspecified atom stereocenters. The Kier molecular flexibility index (Phi) is 5.43. The molecular weight excluding hydrogens is 377 g/mol. The Morgan fingerprint density at radius 1 is 1.07 bits per heavy atom. The number of alkyl halides is 3. The summed E-state index contributed by atoms with van der Waals surface area (Å²) < 4.78 is 45.1. The molecule has 1 N–H and O–H groups in total. The third-order valence-electron chi connectivity index (χ3n) is 4.26. The summed E-state index contributed by atoms with van der Waals surface area (Å²) >= 11 is 0. The molecule has 0 aliphatic carbocycles. The molecule has 0 fully saturated rings. The largest absolute Gasteiger partial charge is 0.573 e. The number of anilines is 1. The summed E-state index contributed by atoms with van der Waals surface area (Å²) in [6.45, 7) is 0.924. The molecule has 1 aliphatic heterocycles. The van der Waals surface area contributed by atoms with E-state index in [1.165, 1.54) is 19.2 Å². The van der Waals surface area contributed by atoms with E-state index in [-0.39, 0.29) is 5.56 Å². The summed E-state index contributed by atoms with van der Waals surface area (Å²) in [6, 6.07) is 10.0. The van der Waals surface area contributed by atoms with Crippen molar-refractivity contribution in [2.45, 2.75) is 19.3 Å². The van der Waals surface area contributed by atoms with Crippen molar-refractivity contribution in [2.75, 3.05) is 19.0 Å². The first-order valence-corrected chi connectivity index (χ1v) is 8.37. The number of carbonyl (C=O) groups is 2. The number of nitrogens with zero attached hydrogens (tertiary/aromatic N) is 1. The van der Waals surface area contributed by atoms with Gasteiger partial charge in [-0.1, -0.05) is 6.07 Å². The zero-order chi connectivity index (χ0) is 20.3. The Bertz CT molecular complexity index is 882. The van der Waals surface area contributed by atoms with Crippen LogP contribution < -0.4 is 10.1 Å². The van der Waals surface area contributed by atoms with Gasteiger partial charge in [0.2, 0.25) is 0 Å². The van der Waals surface area contributed by atoms with E-state index in [0.29, 0.717) is 25.2 Å². The predicted molar refractivity (Wildman–Crippen MR) is 94.0 cm³/mol. The monoisotopic (exact) mass is 394 g/mol. The fraction of sp³-hybridized carbons (Fsp3) is 0.263. The van der Waals surface area contributed by atoms with Crippen LogP contribution in [-0.2, 0) is 17.7 Å². The van der Waals surface area contributed by atoms with Gasteiger partial charge in [0, 0.05) is 24.3 Å². The van der Waals surface area contributed by atoms with Gasteiger partial charge in [-0.2, -0.15) is 0 Å². The molecule has 0 bridgehead atoms. The molecule has 1 aliphatic rings. The highest BCUT2D eigenvalue weighted by Crippen LogP contribution is 2.25. The van der Waals surface area contributed by atoms with Gasteiger partial charge in [0.1, 0.15) is 5.75 Å². The van der Waals surface area contributed by atoms with E-state index >= 15 is 0 Å².